The first-order chi connectivity index (χ1) is 9.15. The van der Waals surface area contributed by atoms with Gasteiger partial charge >= 0.3 is 0 Å². The Kier molecular flexibility index (Phi) is 3.22. The minimum absolute atomic E-state index is 0.333. The Morgan fingerprint density at radius 2 is 2.11 bits per heavy atom. The maximum absolute atomic E-state index is 13.2. The smallest absolute Gasteiger partial charge is 0.123 e. The molecule has 2 nitrogen and oxygen atoms in total. The molecule has 2 heterocycles. The summed E-state index contributed by atoms with van der Waals surface area (Å²) in [5, 5.41) is 12.6. The number of hydrogen-bond acceptors (Lipinski definition) is 3. The number of pyridine rings is 1. The van der Waals surface area contributed by atoms with Crippen LogP contribution in [0.15, 0.2) is 41.9 Å². The number of thiophene rings is 1. The maximum Gasteiger partial charge on any atom is 0.123 e. The van der Waals surface area contributed by atoms with Crippen LogP contribution in [0, 0.1) is 5.82 Å². The summed E-state index contributed by atoms with van der Waals surface area (Å²) in [4.78, 5) is 4.25. The van der Waals surface area contributed by atoms with Crippen LogP contribution < -0.4 is 0 Å². The van der Waals surface area contributed by atoms with Crippen molar-refractivity contribution in [3.05, 3.63) is 63.9 Å². The molecule has 1 atom stereocenters. The molecular weight excluding hydrogens is 285 g/mol. The summed E-state index contributed by atoms with van der Waals surface area (Å²) in [7, 11) is 0. The van der Waals surface area contributed by atoms with Crippen molar-refractivity contribution in [2.75, 3.05) is 0 Å². The third-order valence-electron chi connectivity index (χ3n) is 2.89. The monoisotopic (exact) mass is 293 g/mol. The van der Waals surface area contributed by atoms with Crippen LogP contribution in [-0.4, -0.2) is 10.1 Å². The number of nitrogens with zero attached hydrogens (tertiary/aromatic N) is 1. The van der Waals surface area contributed by atoms with E-state index in [9.17, 15) is 9.50 Å². The summed E-state index contributed by atoms with van der Waals surface area (Å²) in [5.41, 5.74) is 1.83. The molecule has 0 radical (unpaired) electrons. The minimum atomic E-state index is -0.984. The van der Waals surface area contributed by atoms with Crippen molar-refractivity contribution in [2.24, 2.45) is 0 Å². The molecule has 0 fully saturated rings. The van der Waals surface area contributed by atoms with Crippen molar-refractivity contribution < 1.29 is 9.50 Å². The van der Waals surface area contributed by atoms with Crippen molar-refractivity contribution in [3.8, 4) is 0 Å². The number of aromatic nitrogens is 1. The molecule has 0 bridgehead atoms. The molecule has 19 heavy (non-hydrogen) atoms. The molecule has 3 rings (SSSR count). The molecule has 0 saturated carbocycles. The highest BCUT2D eigenvalue weighted by molar-refractivity contribution is 7.17. The topological polar surface area (TPSA) is 33.1 Å². The number of aliphatic hydroxyl groups is 1. The van der Waals surface area contributed by atoms with Gasteiger partial charge in [0.2, 0.25) is 0 Å². The summed E-state index contributed by atoms with van der Waals surface area (Å²) in [5.74, 6) is -0.427. The Balaban J connectivity index is 2.07. The molecule has 2 aromatic heterocycles. The number of aliphatic hydroxyl groups excluding tert-OH is 1. The molecule has 0 aliphatic carbocycles. The fourth-order valence-corrected chi connectivity index (χ4v) is 2.92. The summed E-state index contributed by atoms with van der Waals surface area (Å²) in [6, 6.07) is 7.70. The molecule has 5 heteroatoms. The fourth-order valence-electron chi connectivity index (χ4n) is 1.91. The van der Waals surface area contributed by atoms with E-state index < -0.39 is 11.9 Å². The van der Waals surface area contributed by atoms with E-state index in [0.29, 0.717) is 16.1 Å². The van der Waals surface area contributed by atoms with Gasteiger partial charge in [-0.3, -0.25) is 4.98 Å². The van der Waals surface area contributed by atoms with Crippen molar-refractivity contribution >= 4 is 33.2 Å². The normalized spacial score (nSPS) is 12.8. The molecular formula is C14H9ClFNOS. The molecule has 0 amide bonds. The van der Waals surface area contributed by atoms with Crippen LogP contribution in [-0.2, 0) is 0 Å². The maximum atomic E-state index is 13.2. The van der Waals surface area contributed by atoms with Crippen LogP contribution in [0.5, 0.6) is 0 Å². The number of fused-ring (bicyclic) bond motifs is 1. The molecule has 0 aliphatic rings. The summed E-state index contributed by atoms with van der Waals surface area (Å²) < 4.78 is 14.2. The van der Waals surface area contributed by atoms with Crippen LogP contribution in [0.4, 0.5) is 4.39 Å². The van der Waals surface area contributed by atoms with Crippen LogP contribution >= 0.6 is 22.9 Å². The SMILES string of the molecule is OC(c1cnc2ccsc2c1)c1cc(F)ccc1Cl. The van der Waals surface area contributed by atoms with Gasteiger partial charge in [-0.2, -0.15) is 0 Å². The van der Waals surface area contributed by atoms with Gasteiger partial charge in [0.15, 0.2) is 0 Å². The third-order valence-corrected chi connectivity index (χ3v) is 4.09. The fraction of sp³-hybridized carbons (Fsp3) is 0.0714. The lowest BCUT2D eigenvalue weighted by molar-refractivity contribution is 0.219. The zero-order chi connectivity index (χ0) is 13.4. The van der Waals surface area contributed by atoms with Crippen molar-refractivity contribution in [1.82, 2.24) is 4.98 Å². The van der Waals surface area contributed by atoms with E-state index in [-0.39, 0.29) is 0 Å². The van der Waals surface area contributed by atoms with Gasteiger partial charge in [0, 0.05) is 22.3 Å². The van der Waals surface area contributed by atoms with Gasteiger partial charge < -0.3 is 5.11 Å². The molecule has 1 aromatic carbocycles. The Hall–Kier alpha value is -1.49. The zero-order valence-electron chi connectivity index (χ0n) is 9.68. The van der Waals surface area contributed by atoms with Gasteiger partial charge in [-0.05, 0) is 35.7 Å². The standard InChI is InChI=1S/C14H9ClFNOS/c15-11-2-1-9(16)6-10(11)14(18)8-5-13-12(17-7-8)3-4-19-13/h1-7,14,18H. The lowest BCUT2D eigenvalue weighted by Crippen LogP contribution is -2.01. The van der Waals surface area contributed by atoms with E-state index >= 15 is 0 Å². The molecule has 96 valence electrons. The van der Waals surface area contributed by atoms with Crippen LogP contribution in [0.2, 0.25) is 5.02 Å². The first-order valence-corrected chi connectivity index (χ1v) is 6.87. The van der Waals surface area contributed by atoms with Crippen molar-refractivity contribution in [2.45, 2.75) is 6.10 Å². The van der Waals surface area contributed by atoms with Gasteiger partial charge in [-0.1, -0.05) is 11.6 Å². The van der Waals surface area contributed by atoms with E-state index in [1.807, 2.05) is 17.5 Å². The second-order valence-electron chi connectivity index (χ2n) is 4.14. The first kappa shape index (κ1) is 12.5. The average molecular weight is 294 g/mol. The van der Waals surface area contributed by atoms with Gasteiger partial charge in [-0.25, -0.2) is 4.39 Å². The van der Waals surface area contributed by atoms with E-state index in [4.69, 9.17) is 11.6 Å². The highest BCUT2D eigenvalue weighted by Crippen LogP contribution is 2.30. The highest BCUT2D eigenvalue weighted by atomic mass is 35.5. The lowest BCUT2D eigenvalue weighted by Gasteiger charge is -2.13. The quantitative estimate of drug-likeness (QED) is 0.769. The second-order valence-corrected chi connectivity index (χ2v) is 5.50. The van der Waals surface area contributed by atoms with Crippen LogP contribution in [0.25, 0.3) is 10.2 Å². The molecule has 1 unspecified atom stereocenters. The Morgan fingerprint density at radius 3 is 2.95 bits per heavy atom. The Bertz CT molecular complexity index is 743. The number of rotatable bonds is 2. The van der Waals surface area contributed by atoms with E-state index in [2.05, 4.69) is 4.98 Å². The lowest BCUT2D eigenvalue weighted by atomic mass is 10.0. The number of benzene rings is 1. The number of halogens is 2. The van der Waals surface area contributed by atoms with Gasteiger partial charge in [0.05, 0.1) is 10.2 Å². The molecule has 0 spiro atoms. The summed E-state index contributed by atoms with van der Waals surface area (Å²) in [6.07, 6.45) is 0.600. The third kappa shape index (κ3) is 2.34. The first-order valence-electron chi connectivity index (χ1n) is 5.61. The average Bonchev–Trinajstić information content (AvgIpc) is 2.88. The van der Waals surface area contributed by atoms with Gasteiger partial charge in [-0.15, -0.1) is 11.3 Å². The van der Waals surface area contributed by atoms with E-state index in [1.54, 1.807) is 17.5 Å². The predicted molar refractivity (Wildman–Crippen MR) is 75.1 cm³/mol. The highest BCUT2D eigenvalue weighted by Gasteiger charge is 2.16. The number of hydrogen-bond donors (Lipinski definition) is 1. The van der Waals surface area contributed by atoms with Gasteiger partial charge in [0.1, 0.15) is 11.9 Å². The second kappa shape index (κ2) is 4.89. The van der Waals surface area contributed by atoms with E-state index in [0.717, 1.165) is 10.2 Å². The minimum Gasteiger partial charge on any atom is -0.384 e. The van der Waals surface area contributed by atoms with Crippen molar-refractivity contribution in [1.29, 1.82) is 0 Å². The van der Waals surface area contributed by atoms with E-state index in [1.165, 1.54) is 18.2 Å². The molecule has 3 aromatic rings. The molecule has 0 saturated heterocycles. The predicted octanol–water partition coefficient (Wildman–Crippen LogP) is 4.17. The summed E-state index contributed by atoms with van der Waals surface area (Å²) in [6.45, 7) is 0. The Labute approximate surface area is 118 Å². The van der Waals surface area contributed by atoms with Crippen LogP contribution in [0.1, 0.15) is 17.2 Å². The Morgan fingerprint density at radius 1 is 1.26 bits per heavy atom. The zero-order valence-corrected chi connectivity index (χ0v) is 11.2. The van der Waals surface area contributed by atoms with Crippen LogP contribution in [0.3, 0.4) is 0 Å². The summed E-state index contributed by atoms with van der Waals surface area (Å²) >= 11 is 7.53. The largest absolute Gasteiger partial charge is 0.384 e. The van der Waals surface area contributed by atoms with Gasteiger partial charge in [0.25, 0.3) is 0 Å². The molecule has 1 N–H and O–H groups in total. The molecule has 0 aliphatic heterocycles. The van der Waals surface area contributed by atoms with Crippen molar-refractivity contribution in [3.63, 3.8) is 0 Å².